The smallest absolute Gasteiger partial charge is 0.276 e. The van der Waals surface area contributed by atoms with Crippen molar-refractivity contribution in [1.82, 2.24) is 19.9 Å². The van der Waals surface area contributed by atoms with E-state index >= 15 is 0 Å². The van der Waals surface area contributed by atoms with Gasteiger partial charge >= 0.3 is 0 Å². The van der Waals surface area contributed by atoms with Gasteiger partial charge in [0.2, 0.25) is 0 Å². The molecular formula is C14H18N4O. The average Bonchev–Trinajstić information content (AvgIpc) is 2.83. The van der Waals surface area contributed by atoms with Crippen molar-refractivity contribution in [1.29, 1.82) is 0 Å². The summed E-state index contributed by atoms with van der Waals surface area (Å²) in [5.41, 5.74) is 1.93. The minimum atomic E-state index is -0.0651. The first kappa shape index (κ1) is 13.3. The van der Waals surface area contributed by atoms with Crippen molar-refractivity contribution in [2.45, 2.75) is 20.8 Å². The highest BCUT2D eigenvalue weighted by molar-refractivity contribution is 5.93. The largest absolute Gasteiger partial charge is 0.338 e. The van der Waals surface area contributed by atoms with Crippen LogP contribution < -0.4 is 0 Å². The Morgan fingerprint density at radius 2 is 1.79 bits per heavy atom. The third-order valence-electron chi connectivity index (χ3n) is 3.02. The molecule has 0 atom stereocenters. The number of carbonyl (C=O) groups excluding carboxylic acids is 1. The van der Waals surface area contributed by atoms with Crippen molar-refractivity contribution in [2.24, 2.45) is 0 Å². The molecule has 0 unspecified atom stereocenters. The van der Waals surface area contributed by atoms with E-state index in [1.165, 1.54) is 4.80 Å². The minimum Gasteiger partial charge on any atom is -0.338 e. The number of amides is 1. The summed E-state index contributed by atoms with van der Waals surface area (Å²) in [5.74, 6) is -0.0651. The topological polar surface area (TPSA) is 51.0 Å². The third-order valence-corrected chi connectivity index (χ3v) is 3.02. The highest BCUT2D eigenvalue weighted by atomic mass is 16.2. The summed E-state index contributed by atoms with van der Waals surface area (Å²) in [6, 6.07) is 9.58. The molecule has 5 heteroatoms. The highest BCUT2D eigenvalue weighted by Crippen LogP contribution is 2.10. The van der Waals surface area contributed by atoms with E-state index in [0.717, 1.165) is 5.69 Å². The molecule has 100 valence electrons. The van der Waals surface area contributed by atoms with Crippen LogP contribution >= 0.6 is 0 Å². The Morgan fingerprint density at radius 3 is 2.37 bits per heavy atom. The van der Waals surface area contributed by atoms with Crippen molar-refractivity contribution < 1.29 is 4.79 Å². The number of benzene rings is 1. The quantitative estimate of drug-likeness (QED) is 0.843. The fourth-order valence-corrected chi connectivity index (χ4v) is 1.91. The Kier molecular flexibility index (Phi) is 3.94. The van der Waals surface area contributed by atoms with Gasteiger partial charge in [0.05, 0.1) is 11.4 Å². The molecule has 1 aromatic heterocycles. The van der Waals surface area contributed by atoms with Crippen LogP contribution in [0.3, 0.4) is 0 Å². The van der Waals surface area contributed by atoms with Gasteiger partial charge in [0.15, 0.2) is 5.69 Å². The van der Waals surface area contributed by atoms with E-state index < -0.39 is 0 Å². The molecular weight excluding hydrogens is 240 g/mol. The second-order valence-corrected chi connectivity index (χ2v) is 4.24. The van der Waals surface area contributed by atoms with E-state index in [1.54, 1.807) is 4.90 Å². The molecule has 0 spiro atoms. The van der Waals surface area contributed by atoms with Gasteiger partial charge in [-0.2, -0.15) is 9.90 Å². The maximum Gasteiger partial charge on any atom is 0.276 e. The fourth-order valence-electron chi connectivity index (χ4n) is 1.91. The molecule has 0 saturated heterocycles. The van der Waals surface area contributed by atoms with Crippen LogP contribution in [0.15, 0.2) is 30.3 Å². The number of nitrogens with zero attached hydrogens (tertiary/aromatic N) is 4. The second-order valence-electron chi connectivity index (χ2n) is 4.24. The second kappa shape index (κ2) is 5.65. The third kappa shape index (κ3) is 2.65. The maximum atomic E-state index is 12.3. The van der Waals surface area contributed by atoms with Crippen molar-refractivity contribution in [3.8, 4) is 5.69 Å². The molecule has 1 aromatic carbocycles. The zero-order chi connectivity index (χ0) is 13.8. The van der Waals surface area contributed by atoms with Crippen LogP contribution in [-0.4, -0.2) is 38.9 Å². The molecule has 0 saturated carbocycles. The number of rotatable bonds is 4. The molecule has 0 aliphatic carbocycles. The minimum absolute atomic E-state index is 0.0651. The zero-order valence-electron chi connectivity index (χ0n) is 11.5. The Labute approximate surface area is 112 Å². The standard InChI is InChI=1S/C14H18N4O/c1-4-17(5-2)14(19)13-11(3)15-18(16-13)12-9-7-6-8-10-12/h6-10H,4-5H2,1-3H3. The van der Waals surface area contributed by atoms with Gasteiger partial charge in [-0.1, -0.05) is 18.2 Å². The molecule has 0 N–H and O–H groups in total. The van der Waals surface area contributed by atoms with Crippen LogP contribution in [0.1, 0.15) is 30.0 Å². The van der Waals surface area contributed by atoms with E-state index in [1.807, 2.05) is 51.1 Å². The van der Waals surface area contributed by atoms with E-state index in [0.29, 0.717) is 24.5 Å². The number of hydrogen-bond donors (Lipinski definition) is 0. The van der Waals surface area contributed by atoms with Crippen LogP contribution in [-0.2, 0) is 0 Å². The summed E-state index contributed by atoms with van der Waals surface area (Å²) in [5, 5.41) is 8.62. The number of para-hydroxylation sites is 1. The van der Waals surface area contributed by atoms with Crippen LogP contribution in [0.5, 0.6) is 0 Å². The van der Waals surface area contributed by atoms with Gasteiger partial charge < -0.3 is 4.90 Å². The molecule has 5 nitrogen and oxygen atoms in total. The molecule has 1 heterocycles. The Balaban J connectivity index is 2.34. The first-order valence-corrected chi connectivity index (χ1v) is 6.46. The number of aryl methyl sites for hydroxylation is 1. The monoisotopic (exact) mass is 258 g/mol. The maximum absolute atomic E-state index is 12.3. The summed E-state index contributed by atoms with van der Waals surface area (Å²) < 4.78 is 0. The van der Waals surface area contributed by atoms with E-state index in [2.05, 4.69) is 10.2 Å². The summed E-state index contributed by atoms with van der Waals surface area (Å²) in [6.45, 7) is 7.07. The SMILES string of the molecule is CCN(CC)C(=O)c1nn(-c2ccccc2)nc1C. The average molecular weight is 258 g/mol. The summed E-state index contributed by atoms with van der Waals surface area (Å²) in [6.07, 6.45) is 0. The van der Waals surface area contributed by atoms with Crippen molar-refractivity contribution in [3.05, 3.63) is 41.7 Å². The number of aromatic nitrogens is 3. The Bertz CT molecular complexity index is 558. The summed E-state index contributed by atoms with van der Waals surface area (Å²) >= 11 is 0. The lowest BCUT2D eigenvalue weighted by Crippen LogP contribution is -2.31. The van der Waals surface area contributed by atoms with Crippen LogP contribution in [0.2, 0.25) is 0 Å². The van der Waals surface area contributed by atoms with E-state index in [4.69, 9.17) is 0 Å². The normalized spacial score (nSPS) is 10.5. The number of carbonyl (C=O) groups is 1. The van der Waals surface area contributed by atoms with E-state index in [9.17, 15) is 4.79 Å². The predicted octanol–water partition coefficient (Wildman–Crippen LogP) is 2.06. The van der Waals surface area contributed by atoms with Crippen LogP contribution in [0, 0.1) is 6.92 Å². The van der Waals surface area contributed by atoms with Gasteiger partial charge in [0.25, 0.3) is 5.91 Å². The lowest BCUT2D eigenvalue weighted by molar-refractivity contribution is 0.0766. The van der Waals surface area contributed by atoms with Crippen LogP contribution in [0.25, 0.3) is 5.69 Å². The van der Waals surface area contributed by atoms with Crippen molar-refractivity contribution >= 4 is 5.91 Å². The number of hydrogen-bond acceptors (Lipinski definition) is 3. The van der Waals surface area contributed by atoms with Gasteiger partial charge in [-0.15, -0.1) is 5.10 Å². The van der Waals surface area contributed by atoms with Crippen molar-refractivity contribution in [3.63, 3.8) is 0 Å². The molecule has 2 aromatic rings. The Hall–Kier alpha value is -2.17. The van der Waals surface area contributed by atoms with Gasteiger partial charge in [0.1, 0.15) is 0 Å². The first-order chi connectivity index (χ1) is 9.17. The highest BCUT2D eigenvalue weighted by Gasteiger charge is 2.20. The predicted molar refractivity (Wildman–Crippen MR) is 73.3 cm³/mol. The molecule has 1 amide bonds. The van der Waals surface area contributed by atoms with Gasteiger partial charge in [-0.05, 0) is 32.9 Å². The molecule has 0 aliphatic heterocycles. The first-order valence-electron chi connectivity index (χ1n) is 6.46. The lowest BCUT2D eigenvalue weighted by Gasteiger charge is -2.16. The van der Waals surface area contributed by atoms with Gasteiger partial charge in [0, 0.05) is 13.1 Å². The lowest BCUT2D eigenvalue weighted by atomic mass is 10.3. The zero-order valence-corrected chi connectivity index (χ0v) is 11.5. The molecule has 2 rings (SSSR count). The van der Waals surface area contributed by atoms with Crippen LogP contribution in [0.4, 0.5) is 0 Å². The van der Waals surface area contributed by atoms with Gasteiger partial charge in [-0.3, -0.25) is 4.79 Å². The molecule has 19 heavy (non-hydrogen) atoms. The molecule has 0 radical (unpaired) electrons. The molecule has 0 fully saturated rings. The summed E-state index contributed by atoms with van der Waals surface area (Å²) in [4.78, 5) is 15.5. The Morgan fingerprint density at radius 1 is 1.16 bits per heavy atom. The molecule has 0 bridgehead atoms. The van der Waals surface area contributed by atoms with Gasteiger partial charge in [-0.25, -0.2) is 0 Å². The van der Waals surface area contributed by atoms with Crippen molar-refractivity contribution in [2.75, 3.05) is 13.1 Å². The summed E-state index contributed by atoms with van der Waals surface area (Å²) in [7, 11) is 0. The van der Waals surface area contributed by atoms with E-state index in [-0.39, 0.29) is 5.91 Å². The fraction of sp³-hybridized carbons (Fsp3) is 0.357. The molecule has 0 aliphatic rings.